The molecular weight excluding hydrogens is 488 g/mol. The minimum absolute atomic E-state index is 0.0336. The summed E-state index contributed by atoms with van der Waals surface area (Å²) in [5.41, 5.74) is 5.34. The summed E-state index contributed by atoms with van der Waals surface area (Å²) in [4.78, 5) is 21.2. The predicted molar refractivity (Wildman–Crippen MR) is 139 cm³/mol. The lowest BCUT2D eigenvalue weighted by atomic mass is 10.0. The van der Waals surface area contributed by atoms with Crippen LogP contribution in [0.15, 0.2) is 95.9 Å². The number of fused-ring (bicyclic) bond motifs is 1. The number of aryl methyl sites for hydroxylation is 1. The highest BCUT2D eigenvalue weighted by Gasteiger charge is 2.21. The smallest absolute Gasteiger partial charge is 0.225 e. The molecule has 0 aliphatic carbocycles. The second kappa shape index (κ2) is 9.69. The Bertz CT molecular complexity index is 1420. The molecule has 0 bridgehead atoms. The van der Waals surface area contributed by atoms with Crippen molar-refractivity contribution in [3.05, 3.63) is 118 Å². The molecule has 5 aromatic rings. The van der Waals surface area contributed by atoms with Gasteiger partial charge in [0.2, 0.25) is 5.91 Å². The van der Waals surface area contributed by atoms with E-state index < -0.39 is 0 Å². The Kier molecular flexibility index (Phi) is 6.32. The summed E-state index contributed by atoms with van der Waals surface area (Å²) in [6.45, 7) is 2.06. The van der Waals surface area contributed by atoms with E-state index in [-0.39, 0.29) is 11.9 Å². The third-order valence-corrected chi connectivity index (χ3v) is 6.51. The Labute approximate surface area is 207 Å². The van der Waals surface area contributed by atoms with Crippen LogP contribution in [0.2, 0.25) is 0 Å². The Morgan fingerprint density at radius 2 is 1.88 bits per heavy atom. The van der Waals surface area contributed by atoms with Gasteiger partial charge in [-0.15, -0.1) is 0 Å². The maximum Gasteiger partial charge on any atom is 0.225 e. The van der Waals surface area contributed by atoms with Gasteiger partial charge in [0.1, 0.15) is 5.82 Å². The average molecular weight is 513 g/mol. The third kappa shape index (κ3) is 4.82. The second-order valence-corrected chi connectivity index (χ2v) is 9.40. The maximum absolute atomic E-state index is 13.3. The largest absolute Gasteiger partial charge is 0.361 e. The van der Waals surface area contributed by atoms with Crippen LogP contribution in [0.5, 0.6) is 0 Å². The number of rotatable bonds is 7. The summed E-state index contributed by atoms with van der Waals surface area (Å²) in [7, 11) is 0. The van der Waals surface area contributed by atoms with E-state index in [9.17, 15) is 4.79 Å². The fraction of sp³-hybridized carbons (Fsp3) is 0.143. The molecule has 0 unspecified atom stereocenters. The van der Waals surface area contributed by atoms with E-state index in [1.165, 1.54) is 5.56 Å². The summed E-state index contributed by atoms with van der Waals surface area (Å²) in [6.07, 6.45) is 6.59. The minimum Gasteiger partial charge on any atom is -0.361 e. The van der Waals surface area contributed by atoms with E-state index in [4.69, 9.17) is 0 Å². The number of carbonyl (C=O) groups excluding carboxylic acids is 1. The van der Waals surface area contributed by atoms with Crippen LogP contribution >= 0.6 is 15.9 Å². The van der Waals surface area contributed by atoms with Crippen LogP contribution in [0.25, 0.3) is 16.6 Å². The van der Waals surface area contributed by atoms with E-state index in [1.54, 1.807) is 6.20 Å². The first-order chi connectivity index (χ1) is 16.6. The topological polar surface area (TPSA) is 62.7 Å². The number of aromatic nitrogens is 3. The number of amides is 1. The van der Waals surface area contributed by atoms with Crippen LogP contribution in [0.3, 0.4) is 0 Å². The SMILES string of the molecule is Cc1ccc2[nH]cc(CC(=O)N[C@@H](Cc3ccccc3)c3nccn3-c3ccc(Br)cc3)c2c1. The van der Waals surface area contributed by atoms with Gasteiger partial charge in [-0.25, -0.2) is 4.98 Å². The lowest BCUT2D eigenvalue weighted by Gasteiger charge is -2.20. The Morgan fingerprint density at radius 3 is 2.68 bits per heavy atom. The van der Waals surface area contributed by atoms with Gasteiger partial charge in [-0.3, -0.25) is 4.79 Å². The molecule has 0 fully saturated rings. The molecule has 3 aromatic carbocycles. The highest BCUT2D eigenvalue weighted by Crippen LogP contribution is 2.24. The fourth-order valence-corrected chi connectivity index (χ4v) is 4.57. The highest BCUT2D eigenvalue weighted by molar-refractivity contribution is 9.10. The molecule has 5 nitrogen and oxygen atoms in total. The average Bonchev–Trinajstić information content (AvgIpc) is 3.47. The molecule has 2 heterocycles. The van der Waals surface area contributed by atoms with Gasteiger partial charge in [0.15, 0.2) is 0 Å². The molecule has 1 atom stereocenters. The summed E-state index contributed by atoms with van der Waals surface area (Å²) < 4.78 is 3.05. The van der Waals surface area contributed by atoms with Crippen LogP contribution in [-0.2, 0) is 17.6 Å². The number of hydrogen-bond donors (Lipinski definition) is 2. The van der Waals surface area contributed by atoms with Crippen LogP contribution in [0, 0.1) is 6.92 Å². The van der Waals surface area contributed by atoms with Gasteiger partial charge in [-0.1, -0.05) is 57.9 Å². The van der Waals surface area contributed by atoms with E-state index in [2.05, 4.69) is 68.5 Å². The number of nitrogens with one attached hydrogen (secondary N) is 2. The van der Waals surface area contributed by atoms with Crippen molar-refractivity contribution in [3.8, 4) is 5.69 Å². The third-order valence-electron chi connectivity index (χ3n) is 5.98. The molecule has 0 aliphatic heterocycles. The minimum atomic E-state index is -0.277. The predicted octanol–water partition coefficient (Wildman–Crippen LogP) is 6.07. The van der Waals surface area contributed by atoms with Crippen molar-refractivity contribution in [1.82, 2.24) is 19.9 Å². The number of imidazole rings is 1. The molecular formula is C28H25BrN4O. The standard InChI is InChI=1S/C28H25BrN4O/c1-19-7-12-25-24(15-19)21(18-31-25)17-27(34)32-26(16-20-5-3-2-4-6-20)28-30-13-14-33(28)23-10-8-22(29)9-11-23/h2-15,18,26,31H,16-17H2,1H3,(H,32,34)/t26-/m0/s1. The van der Waals surface area contributed by atoms with Crippen LogP contribution < -0.4 is 5.32 Å². The van der Waals surface area contributed by atoms with Gasteiger partial charge < -0.3 is 14.9 Å². The van der Waals surface area contributed by atoms with Gasteiger partial charge in [0.05, 0.1) is 12.5 Å². The monoisotopic (exact) mass is 512 g/mol. The summed E-state index contributed by atoms with van der Waals surface area (Å²) in [6, 6.07) is 24.2. The number of H-pyrrole nitrogens is 1. The first kappa shape index (κ1) is 22.2. The normalized spacial score (nSPS) is 12.1. The van der Waals surface area contributed by atoms with Crippen LogP contribution in [0.4, 0.5) is 0 Å². The summed E-state index contributed by atoms with van der Waals surface area (Å²) >= 11 is 3.50. The van der Waals surface area contributed by atoms with Crippen molar-refractivity contribution in [2.24, 2.45) is 0 Å². The van der Waals surface area contributed by atoms with Gasteiger partial charge in [0, 0.05) is 39.7 Å². The lowest BCUT2D eigenvalue weighted by Crippen LogP contribution is -2.33. The van der Waals surface area contributed by atoms with E-state index >= 15 is 0 Å². The van der Waals surface area contributed by atoms with Crippen LogP contribution in [-0.4, -0.2) is 20.4 Å². The van der Waals surface area contributed by atoms with E-state index in [0.717, 1.165) is 38.0 Å². The van der Waals surface area contributed by atoms with Crippen molar-refractivity contribution in [2.75, 3.05) is 0 Å². The van der Waals surface area contributed by atoms with E-state index in [1.807, 2.05) is 59.4 Å². The molecule has 2 N–H and O–H groups in total. The van der Waals surface area contributed by atoms with Crippen molar-refractivity contribution in [1.29, 1.82) is 0 Å². The zero-order chi connectivity index (χ0) is 23.5. The summed E-state index contributed by atoms with van der Waals surface area (Å²) in [5, 5.41) is 4.35. The molecule has 6 heteroatoms. The number of carbonyl (C=O) groups is 1. The lowest BCUT2D eigenvalue weighted by molar-refractivity contribution is -0.121. The molecule has 0 saturated heterocycles. The molecule has 0 spiro atoms. The van der Waals surface area contributed by atoms with Crippen molar-refractivity contribution in [2.45, 2.75) is 25.8 Å². The van der Waals surface area contributed by atoms with Gasteiger partial charge in [-0.2, -0.15) is 0 Å². The molecule has 1 amide bonds. The molecule has 170 valence electrons. The Balaban J connectivity index is 1.44. The Hall–Kier alpha value is -3.64. The zero-order valence-electron chi connectivity index (χ0n) is 18.8. The second-order valence-electron chi connectivity index (χ2n) is 8.48. The molecule has 5 rings (SSSR count). The molecule has 34 heavy (non-hydrogen) atoms. The van der Waals surface area contributed by atoms with E-state index in [0.29, 0.717) is 12.8 Å². The fourth-order valence-electron chi connectivity index (χ4n) is 4.31. The van der Waals surface area contributed by atoms with Gasteiger partial charge >= 0.3 is 0 Å². The first-order valence-corrected chi connectivity index (χ1v) is 12.1. The number of aromatic amines is 1. The molecule has 0 radical (unpaired) electrons. The number of hydrogen-bond acceptors (Lipinski definition) is 2. The zero-order valence-corrected chi connectivity index (χ0v) is 20.4. The molecule has 0 saturated carbocycles. The van der Waals surface area contributed by atoms with Crippen molar-refractivity contribution >= 4 is 32.7 Å². The summed E-state index contributed by atoms with van der Waals surface area (Å²) in [5.74, 6) is 0.767. The number of halogens is 1. The van der Waals surface area contributed by atoms with Gasteiger partial charge in [0.25, 0.3) is 0 Å². The van der Waals surface area contributed by atoms with Crippen molar-refractivity contribution < 1.29 is 4.79 Å². The van der Waals surface area contributed by atoms with Gasteiger partial charge in [-0.05, 0) is 60.9 Å². The first-order valence-electron chi connectivity index (χ1n) is 11.3. The van der Waals surface area contributed by atoms with Crippen molar-refractivity contribution in [3.63, 3.8) is 0 Å². The number of benzene rings is 3. The Morgan fingerprint density at radius 1 is 1.09 bits per heavy atom. The maximum atomic E-state index is 13.3. The quantitative estimate of drug-likeness (QED) is 0.278. The van der Waals surface area contributed by atoms with Crippen LogP contribution in [0.1, 0.15) is 28.6 Å². The number of nitrogens with zero attached hydrogens (tertiary/aromatic N) is 2. The molecule has 2 aromatic heterocycles. The molecule has 0 aliphatic rings. The highest BCUT2D eigenvalue weighted by atomic mass is 79.9.